The molecule has 1 atom stereocenters. The first kappa shape index (κ1) is 16.8. The molecular formula is C18H29ClN2. The summed E-state index contributed by atoms with van der Waals surface area (Å²) in [5, 5.41) is 4.54. The molecule has 0 spiro atoms. The minimum atomic E-state index is 0.400. The zero-order valence-electron chi connectivity index (χ0n) is 13.6. The number of nitrogens with zero attached hydrogens (tertiary/aromatic N) is 1. The highest BCUT2D eigenvalue weighted by Crippen LogP contribution is 2.24. The average Bonchev–Trinajstić information content (AvgIpc) is 2.48. The Labute approximate surface area is 134 Å². The van der Waals surface area contributed by atoms with Gasteiger partial charge in [0.15, 0.2) is 0 Å². The van der Waals surface area contributed by atoms with Crippen molar-refractivity contribution in [3.63, 3.8) is 0 Å². The largest absolute Gasteiger partial charge is 0.313 e. The molecule has 1 aromatic rings. The van der Waals surface area contributed by atoms with Crippen LogP contribution < -0.4 is 5.32 Å². The van der Waals surface area contributed by atoms with Crippen molar-refractivity contribution in [1.82, 2.24) is 10.2 Å². The number of benzene rings is 1. The molecule has 1 saturated carbocycles. The second-order valence-electron chi connectivity index (χ2n) is 6.62. The molecule has 0 amide bonds. The third-order valence-electron chi connectivity index (χ3n) is 4.91. The number of nitrogens with one attached hydrogen (secondary N) is 1. The van der Waals surface area contributed by atoms with Gasteiger partial charge in [0.05, 0.1) is 0 Å². The minimum Gasteiger partial charge on any atom is -0.313 e. The molecule has 1 aliphatic rings. The van der Waals surface area contributed by atoms with E-state index >= 15 is 0 Å². The summed E-state index contributed by atoms with van der Waals surface area (Å²) in [6.07, 6.45) is 5.45. The zero-order valence-corrected chi connectivity index (χ0v) is 14.4. The summed E-state index contributed by atoms with van der Waals surface area (Å²) in [7, 11) is 2.19. The van der Waals surface area contributed by atoms with Crippen LogP contribution >= 0.6 is 11.6 Å². The molecule has 1 fully saturated rings. The Bertz CT molecular complexity index is 427. The smallest absolute Gasteiger partial charge is 0.0409 e. The summed E-state index contributed by atoms with van der Waals surface area (Å²) in [6.45, 7) is 6.75. The van der Waals surface area contributed by atoms with E-state index in [4.69, 9.17) is 11.6 Å². The van der Waals surface area contributed by atoms with Crippen LogP contribution in [0, 0.1) is 5.92 Å². The molecule has 2 rings (SSSR count). The number of hydrogen-bond acceptors (Lipinski definition) is 2. The fourth-order valence-electron chi connectivity index (χ4n) is 3.12. The van der Waals surface area contributed by atoms with E-state index in [1.165, 1.54) is 31.2 Å². The number of halogens is 1. The molecule has 118 valence electrons. The molecule has 0 heterocycles. The van der Waals surface area contributed by atoms with Gasteiger partial charge in [-0.15, -0.1) is 0 Å². The van der Waals surface area contributed by atoms with Crippen LogP contribution in [0.25, 0.3) is 0 Å². The topological polar surface area (TPSA) is 15.3 Å². The first-order valence-electron chi connectivity index (χ1n) is 8.25. The fraction of sp³-hybridized carbons (Fsp3) is 0.667. The van der Waals surface area contributed by atoms with Crippen molar-refractivity contribution >= 4 is 11.6 Å². The summed E-state index contributed by atoms with van der Waals surface area (Å²) in [5.74, 6) is 0.925. The molecule has 3 heteroatoms. The highest BCUT2D eigenvalue weighted by atomic mass is 35.5. The highest BCUT2D eigenvalue weighted by molar-refractivity contribution is 6.30. The summed E-state index contributed by atoms with van der Waals surface area (Å²) in [6, 6.07) is 9.32. The van der Waals surface area contributed by atoms with Crippen molar-refractivity contribution in [3.8, 4) is 0 Å². The number of hydrogen-bond donors (Lipinski definition) is 1. The van der Waals surface area contributed by atoms with Crippen LogP contribution in [0.15, 0.2) is 24.3 Å². The Hall–Kier alpha value is -0.570. The van der Waals surface area contributed by atoms with E-state index in [2.05, 4.69) is 43.2 Å². The van der Waals surface area contributed by atoms with Gasteiger partial charge in [0.25, 0.3) is 0 Å². The van der Waals surface area contributed by atoms with Crippen LogP contribution in [0.4, 0.5) is 0 Å². The number of likely N-dealkylation sites (N-methyl/N-ethyl adjacent to an activating group) is 1. The average molecular weight is 309 g/mol. The summed E-state index contributed by atoms with van der Waals surface area (Å²) >= 11 is 6.08. The minimum absolute atomic E-state index is 0.400. The van der Waals surface area contributed by atoms with Crippen LogP contribution in [0.2, 0.25) is 5.02 Å². The van der Waals surface area contributed by atoms with Gasteiger partial charge in [0.2, 0.25) is 0 Å². The maximum absolute atomic E-state index is 6.08. The predicted octanol–water partition coefficient (Wildman–Crippen LogP) is 4.50. The monoisotopic (exact) mass is 308 g/mol. The van der Waals surface area contributed by atoms with Gasteiger partial charge in [0.1, 0.15) is 0 Å². The lowest BCUT2D eigenvalue weighted by atomic mass is 9.87. The van der Waals surface area contributed by atoms with Gasteiger partial charge < -0.3 is 5.32 Å². The Kier molecular flexibility index (Phi) is 6.53. The van der Waals surface area contributed by atoms with Crippen LogP contribution in [-0.2, 0) is 0 Å². The molecule has 0 bridgehead atoms. The first-order chi connectivity index (χ1) is 10.1. The molecule has 2 nitrogen and oxygen atoms in total. The molecule has 0 aromatic heterocycles. The molecular weight excluding hydrogens is 280 g/mol. The van der Waals surface area contributed by atoms with Crippen LogP contribution in [0.1, 0.15) is 51.1 Å². The van der Waals surface area contributed by atoms with Gasteiger partial charge in [0, 0.05) is 30.2 Å². The van der Waals surface area contributed by atoms with Crippen molar-refractivity contribution in [1.29, 1.82) is 0 Å². The van der Waals surface area contributed by atoms with Crippen molar-refractivity contribution < 1.29 is 0 Å². The van der Waals surface area contributed by atoms with Gasteiger partial charge in [-0.3, -0.25) is 4.90 Å². The van der Waals surface area contributed by atoms with Gasteiger partial charge in [-0.25, -0.2) is 0 Å². The Morgan fingerprint density at radius 2 is 2.00 bits per heavy atom. The highest BCUT2D eigenvalue weighted by Gasteiger charge is 2.18. The SMILES string of the molecule is CC1CCC(NCCN(C)C(C)c2cccc(Cl)c2)CC1. The van der Waals surface area contributed by atoms with Crippen LogP contribution in [0.5, 0.6) is 0 Å². The maximum Gasteiger partial charge on any atom is 0.0409 e. The van der Waals surface area contributed by atoms with Crippen LogP contribution in [-0.4, -0.2) is 31.1 Å². The molecule has 1 unspecified atom stereocenters. The van der Waals surface area contributed by atoms with E-state index in [0.29, 0.717) is 6.04 Å². The van der Waals surface area contributed by atoms with E-state index in [-0.39, 0.29) is 0 Å². The third kappa shape index (κ3) is 5.28. The van der Waals surface area contributed by atoms with Gasteiger partial charge in [-0.05, 0) is 63.3 Å². The van der Waals surface area contributed by atoms with E-state index < -0.39 is 0 Å². The van der Waals surface area contributed by atoms with Crippen molar-refractivity contribution in [2.75, 3.05) is 20.1 Å². The normalized spacial score (nSPS) is 24.2. The van der Waals surface area contributed by atoms with Crippen molar-refractivity contribution in [2.45, 2.75) is 51.6 Å². The molecule has 21 heavy (non-hydrogen) atoms. The Balaban J connectivity index is 1.72. The molecule has 1 N–H and O–H groups in total. The second kappa shape index (κ2) is 8.17. The predicted molar refractivity (Wildman–Crippen MR) is 91.9 cm³/mol. The van der Waals surface area contributed by atoms with E-state index in [1.54, 1.807) is 0 Å². The quantitative estimate of drug-likeness (QED) is 0.832. The Morgan fingerprint density at radius 3 is 2.67 bits per heavy atom. The molecule has 0 radical (unpaired) electrons. The first-order valence-corrected chi connectivity index (χ1v) is 8.63. The van der Waals surface area contributed by atoms with E-state index in [1.807, 2.05) is 12.1 Å². The number of rotatable bonds is 6. The van der Waals surface area contributed by atoms with Gasteiger partial charge in [-0.2, -0.15) is 0 Å². The van der Waals surface area contributed by atoms with Crippen LogP contribution in [0.3, 0.4) is 0 Å². The standard InChI is InChI=1S/C18H29ClN2/c1-14-7-9-18(10-8-14)20-11-12-21(3)15(2)16-5-4-6-17(19)13-16/h4-6,13-15,18,20H,7-12H2,1-3H3. The lowest BCUT2D eigenvalue weighted by Gasteiger charge is -2.29. The van der Waals surface area contributed by atoms with Gasteiger partial charge in [-0.1, -0.05) is 30.7 Å². The summed E-state index contributed by atoms with van der Waals surface area (Å²) in [4.78, 5) is 2.39. The third-order valence-corrected chi connectivity index (χ3v) is 5.14. The van der Waals surface area contributed by atoms with E-state index in [0.717, 1.165) is 30.1 Å². The van der Waals surface area contributed by atoms with E-state index in [9.17, 15) is 0 Å². The second-order valence-corrected chi connectivity index (χ2v) is 7.06. The molecule has 1 aromatic carbocycles. The zero-order chi connectivity index (χ0) is 15.2. The summed E-state index contributed by atoms with van der Waals surface area (Å²) in [5.41, 5.74) is 1.29. The van der Waals surface area contributed by atoms with Crippen molar-refractivity contribution in [2.24, 2.45) is 5.92 Å². The maximum atomic E-state index is 6.08. The molecule has 0 aliphatic heterocycles. The van der Waals surface area contributed by atoms with Crippen molar-refractivity contribution in [3.05, 3.63) is 34.9 Å². The van der Waals surface area contributed by atoms with Gasteiger partial charge >= 0.3 is 0 Å². The lowest BCUT2D eigenvalue weighted by molar-refractivity contribution is 0.244. The Morgan fingerprint density at radius 1 is 1.29 bits per heavy atom. The summed E-state index contributed by atoms with van der Waals surface area (Å²) < 4.78 is 0. The molecule has 0 saturated heterocycles. The molecule has 1 aliphatic carbocycles. The lowest BCUT2D eigenvalue weighted by Crippen LogP contribution is -2.38. The fourth-order valence-corrected chi connectivity index (χ4v) is 3.32.